The lowest BCUT2D eigenvalue weighted by atomic mass is 10.2. The van der Waals surface area contributed by atoms with E-state index < -0.39 is 10.0 Å². The number of aryl methyl sites for hydroxylation is 1. The zero-order valence-corrected chi connectivity index (χ0v) is 20.4. The van der Waals surface area contributed by atoms with Gasteiger partial charge in [-0.3, -0.25) is 0 Å². The van der Waals surface area contributed by atoms with Gasteiger partial charge >= 0.3 is 6.03 Å². The lowest BCUT2D eigenvalue weighted by Gasteiger charge is -2.34. The minimum atomic E-state index is -3.81. The molecule has 2 aromatic rings. The van der Waals surface area contributed by atoms with E-state index in [-0.39, 0.29) is 29.8 Å². The number of carbonyl (C=O) groups is 1. The average molecular weight is 491 g/mol. The van der Waals surface area contributed by atoms with Crippen molar-refractivity contribution in [3.05, 3.63) is 53.6 Å². The van der Waals surface area contributed by atoms with Gasteiger partial charge in [-0.15, -0.1) is 0 Å². The molecular weight excluding hydrogens is 460 g/mol. The number of nitrogens with one attached hydrogen (secondary N) is 1. The molecule has 2 aliphatic rings. The number of amides is 2. The predicted octanol–water partition coefficient (Wildman–Crippen LogP) is 2.47. The number of rotatable bonds is 5. The standard InChI is InChI=1S/C23H30N4O4S2/c1-18-2-7-21(28)22(16-18)33(30,31)27-10-8-26(9-11-27)23(29)24-17-19-3-5-20(6-4-19)25-12-14-32-15-13-25/h2-7,16,28H,8-15,17H2,1H3,(H,24,29). The third-order valence-electron chi connectivity index (χ3n) is 6.02. The van der Waals surface area contributed by atoms with E-state index in [1.807, 2.05) is 23.9 Å². The lowest BCUT2D eigenvalue weighted by Crippen LogP contribution is -2.52. The van der Waals surface area contributed by atoms with E-state index >= 15 is 0 Å². The Balaban J connectivity index is 1.28. The molecule has 2 aromatic carbocycles. The van der Waals surface area contributed by atoms with Crippen LogP contribution in [0, 0.1) is 6.92 Å². The Morgan fingerprint density at radius 2 is 1.67 bits per heavy atom. The highest BCUT2D eigenvalue weighted by atomic mass is 32.2. The smallest absolute Gasteiger partial charge is 0.317 e. The Morgan fingerprint density at radius 3 is 2.33 bits per heavy atom. The highest BCUT2D eigenvalue weighted by Gasteiger charge is 2.31. The van der Waals surface area contributed by atoms with Gasteiger partial charge in [-0.05, 0) is 42.3 Å². The fraction of sp³-hybridized carbons (Fsp3) is 0.435. The SMILES string of the molecule is Cc1ccc(O)c(S(=O)(=O)N2CCN(C(=O)NCc3ccc(N4CCSCC4)cc3)CC2)c1. The second-order valence-corrected chi connectivity index (χ2v) is 11.4. The summed E-state index contributed by atoms with van der Waals surface area (Å²) in [4.78, 5) is 16.5. The predicted molar refractivity (Wildman–Crippen MR) is 131 cm³/mol. The Labute approximate surface area is 199 Å². The largest absolute Gasteiger partial charge is 0.507 e. The molecule has 0 unspecified atom stereocenters. The number of sulfonamides is 1. The van der Waals surface area contributed by atoms with Crippen LogP contribution in [0.4, 0.5) is 10.5 Å². The molecule has 0 radical (unpaired) electrons. The summed E-state index contributed by atoms with van der Waals surface area (Å²) in [6.45, 7) is 5.29. The van der Waals surface area contributed by atoms with Crippen LogP contribution in [-0.2, 0) is 16.6 Å². The van der Waals surface area contributed by atoms with Crippen LogP contribution in [-0.4, -0.2) is 79.5 Å². The number of phenolic OH excluding ortho intramolecular Hbond substituents is 1. The lowest BCUT2D eigenvalue weighted by molar-refractivity contribution is 0.172. The number of piperazine rings is 1. The average Bonchev–Trinajstić information content (AvgIpc) is 2.85. The van der Waals surface area contributed by atoms with Crippen molar-refractivity contribution in [3.63, 3.8) is 0 Å². The number of hydrogen-bond donors (Lipinski definition) is 2. The van der Waals surface area contributed by atoms with Crippen LogP contribution in [0.5, 0.6) is 5.75 Å². The maximum Gasteiger partial charge on any atom is 0.317 e. The first-order valence-corrected chi connectivity index (χ1v) is 13.7. The number of nitrogens with zero attached hydrogens (tertiary/aromatic N) is 3. The molecule has 2 fully saturated rings. The van der Waals surface area contributed by atoms with Crippen molar-refractivity contribution in [1.82, 2.24) is 14.5 Å². The zero-order chi connectivity index (χ0) is 23.4. The first kappa shape index (κ1) is 23.7. The van der Waals surface area contributed by atoms with Gasteiger partial charge in [0.1, 0.15) is 10.6 Å². The van der Waals surface area contributed by atoms with Crippen molar-refractivity contribution in [2.75, 3.05) is 55.7 Å². The van der Waals surface area contributed by atoms with Crippen LogP contribution in [0.25, 0.3) is 0 Å². The second-order valence-electron chi connectivity index (χ2n) is 8.29. The first-order valence-electron chi connectivity index (χ1n) is 11.1. The molecule has 178 valence electrons. The monoisotopic (exact) mass is 490 g/mol. The second kappa shape index (κ2) is 10.2. The maximum atomic E-state index is 12.9. The number of carbonyl (C=O) groups excluding carboxylic acids is 1. The van der Waals surface area contributed by atoms with Crippen molar-refractivity contribution < 1.29 is 18.3 Å². The number of thioether (sulfide) groups is 1. The summed E-state index contributed by atoms with van der Waals surface area (Å²) in [5.74, 6) is 2.04. The molecule has 2 N–H and O–H groups in total. The molecule has 0 atom stereocenters. The summed E-state index contributed by atoms with van der Waals surface area (Å²) in [6.07, 6.45) is 0. The number of anilines is 1. The van der Waals surface area contributed by atoms with Gasteiger partial charge in [0.2, 0.25) is 10.0 Å². The molecule has 2 aliphatic heterocycles. The highest BCUT2D eigenvalue weighted by Crippen LogP contribution is 2.27. The normalized spacial score (nSPS) is 17.7. The van der Waals surface area contributed by atoms with Gasteiger partial charge in [0.05, 0.1) is 0 Å². The fourth-order valence-electron chi connectivity index (χ4n) is 4.03. The molecular formula is C23H30N4O4S2. The van der Waals surface area contributed by atoms with Crippen molar-refractivity contribution in [3.8, 4) is 5.75 Å². The molecule has 0 bridgehead atoms. The third-order valence-corrected chi connectivity index (χ3v) is 8.89. The summed E-state index contributed by atoms with van der Waals surface area (Å²) in [6, 6.07) is 12.6. The number of hydrogen-bond acceptors (Lipinski definition) is 6. The minimum Gasteiger partial charge on any atom is -0.507 e. The molecule has 2 heterocycles. The van der Waals surface area contributed by atoms with Gasteiger partial charge in [0.15, 0.2) is 0 Å². The van der Waals surface area contributed by atoms with E-state index in [0.29, 0.717) is 19.6 Å². The quantitative estimate of drug-likeness (QED) is 0.669. The van der Waals surface area contributed by atoms with Gasteiger partial charge in [-0.25, -0.2) is 13.2 Å². The topological polar surface area (TPSA) is 93.2 Å². The summed E-state index contributed by atoms with van der Waals surface area (Å²) in [5.41, 5.74) is 2.99. The van der Waals surface area contributed by atoms with Crippen molar-refractivity contribution in [2.45, 2.75) is 18.4 Å². The molecule has 0 aromatic heterocycles. The van der Waals surface area contributed by atoms with Gasteiger partial charge in [-0.1, -0.05) is 18.2 Å². The molecule has 0 spiro atoms. The van der Waals surface area contributed by atoms with E-state index in [4.69, 9.17) is 0 Å². The zero-order valence-electron chi connectivity index (χ0n) is 18.7. The van der Waals surface area contributed by atoms with Crippen LogP contribution in [0.3, 0.4) is 0 Å². The maximum absolute atomic E-state index is 12.9. The molecule has 33 heavy (non-hydrogen) atoms. The van der Waals surface area contributed by atoms with Gasteiger partial charge < -0.3 is 20.2 Å². The molecule has 2 saturated heterocycles. The molecule has 8 nitrogen and oxygen atoms in total. The number of urea groups is 1. The number of phenols is 1. The summed E-state index contributed by atoms with van der Waals surface area (Å²) in [7, 11) is -3.81. The van der Waals surface area contributed by atoms with E-state index in [1.54, 1.807) is 17.9 Å². The Morgan fingerprint density at radius 1 is 1.00 bits per heavy atom. The molecule has 4 rings (SSSR count). The van der Waals surface area contributed by atoms with E-state index in [1.165, 1.54) is 22.1 Å². The van der Waals surface area contributed by atoms with Crippen LogP contribution in [0.1, 0.15) is 11.1 Å². The highest BCUT2D eigenvalue weighted by molar-refractivity contribution is 7.99. The summed E-state index contributed by atoms with van der Waals surface area (Å²) in [5, 5.41) is 13.0. The number of aromatic hydroxyl groups is 1. The van der Waals surface area contributed by atoms with Gasteiger partial charge in [-0.2, -0.15) is 16.1 Å². The van der Waals surface area contributed by atoms with Crippen LogP contribution < -0.4 is 10.2 Å². The Kier molecular flexibility index (Phi) is 7.35. The van der Waals surface area contributed by atoms with Crippen LogP contribution >= 0.6 is 11.8 Å². The first-order chi connectivity index (χ1) is 15.8. The van der Waals surface area contributed by atoms with E-state index in [9.17, 15) is 18.3 Å². The molecule has 2 amide bonds. The Bertz CT molecular complexity index is 1080. The van der Waals surface area contributed by atoms with E-state index in [2.05, 4.69) is 22.3 Å². The third kappa shape index (κ3) is 5.56. The summed E-state index contributed by atoms with van der Waals surface area (Å²) < 4.78 is 27.2. The van der Waals surface area contributed by atoms with Gasteiger partial charge in [0.25, 0.3) is 0 Å². The number of benzene rings is 2. The van der Waals surface area contributed by atoms with Crippen molar-refractivity contribution in [2.24, 2.45) is 0 Å². The molecule has 0 saturated carbocycles. The fourth-order valence-corrected chi connectivity index (χ4v) is 6.53. The minimum absolute atomic E-state index is 0.0906. The Hall–Kier alpha value is -2.43. The van der Waals surface area contributed by atoms with Gasteiger partial charge in [0, 0.05) is 63.0 Å². The van der Waals surface area contributed by atoms with E-state index in [0.717, 1.165) is 35.7 Å². The van der Waals surface area contributed by atoms with Crippen LogP contribution in [0.2, 0.25) is 0 Å². The molecule has 10 heteroatoms. The summed E-state index contributed by atoms with van der Waals surface area (Å²) >= 11 is 1.98. The molecule has 0 aliphatic carbocycles. The van der Waals surface area contributed by atoms with Crippen molar-refractivity contribution >= 4 is 33.5 Å². The van der Waals surface area contributed by atoms with Crippen LogP contribution in [0.15, 0.2) is 47.4 Å². The van der Waals surface area contributed by atoms with Crippen molar-refractivity contribution in [1.29, 1.82) is 0 Å².